The molecule has 0 bridgehead atoms. The average Bonchev–Trinajstić information content (AvgIpc) is 2.50. The number of rotatable bonds is 2. The molecule has 84 valence electrons. The molecule has 1 aromatic rings. The van der Waals surface area contributed by atoms with Crippen LogP contribution < -0.4 is 5.43 Å². The minimum absolute atomic E-state index is 0.944. The van der Waals surface area contributed by atoms with Crippen molar-refractivity contribution in [2.45, 2.75) is 6.92 Å². The summed E-state index contributed by atoms with van der Waals surface area (Å²) >= 11 is 0. The molecule has 0 radical (unpaired) electrons. The fourth-order valence-electron chi connectivity index (χ4n) is 1.70. The number of nitrogens with zero attached hydrogens (tertiary/aromatic N) is 4. The third-order valence-corrected chi connectivity index (χ3v) is 2.89. The van der Waals surface area contributed by atoms with Crippen LogP contribution >= 0.6 is 0 Å². The number of piperazine rings is 1. The maximum Gasteiger partial charge on any atom is 0.162 e. The number of aromatic nitrogens is 2. The van der Waals surface area contributed by atoms with Crippen molar-refractivity contribution in [2.75, 3.05) is 38.7 Å². The zero-order valence-corrected chi connectivity index (χ0v) is 9.69. The summed E-state index contributed by atoms with van der Waals surface area (Å²) in [6, 6.07) is 2.07. The van der Waals surface area contributed by atoms with Crippen molar-refractivity contribution >= 4 is 5.82 Å². The van der Waals surface area contributed by atoms with Gasteiger partial charge in [-0.3, -0.25) is 4.68 Å². The smallest absolute Gasteiger partial charge is 0.162 e. The first-order valence-corrected chi connectivity index (χ1v) is 5.36. The lowest BCUT2D eigenvalue weighted by atomic mass is 10.4. The molecule has 1 aliphatic heterocycles. The summed E-state index contributed by atoms with van der Waals surface area (Å²) in [6.45, 7) is 6.37. The lowest BCUT2D eigenvalue weighted by molar-refractivity contribution is 0.178. The van der Waals surface area contributed by atoms with E-state index < -0.39 is 0 Å². The average molecular weight is 209 g/mol. The Bertz CT molecular complexity index is 305. The van der Waals surface area contributed by atoms with E-state index in [4.69, 9.17) is 0 Å². The lowest BCUT2D eigenvalue weighted by Gasteiger charge is -2.32. The molecule has 0 spiro atoms. The van der Waals surface area contributed by atoms with Gasteiger partial charge in [-0.25, -0.2) is 5.01 Å². The van der Waals surface area contributed by atoms with Gasteiger partial charge in [0.1, 0.15) is 0 Å². The van der Waals surface area contributed by atoms with Crippen LogP contribution in [0.2, 0.25) is 0 Å². The number of hydrazine groups is 1. The molecular formula is C10H19N5. The summed E-state index contributed by atoms with van der Waals surface area (Å²) in [5, 5.41) is 6.60. The van der Waals surface area contributed by atoms with Gasteiger partial charge in [0.25, 0.3) is 0 Å². The van der Waals surface area contributed by atoms with Crippen LogP contribution in [0.3, 0.4) is 0 Å². The Labute approximate surface area is 90.6 Å². The fourth-order valence-corrected chi connectivity index (χ4v) is 1.70. The molecule has 0 aliphatic carbocycles. The van der Waals surface area contributed by atoms with Crippen LogP contribution in [0.15, 0.2) is 6.07 Å². The van der Waals surface area contributed by atoms with E-state index in [0.29, 0.717) is 0 Å². The van der Waals surface area contributed by atoms with Crippen molar-refractivity contribution in [3.05, 3.63) is 11.8 Å². The van der Waals surface area contributed by atoms with Crippen molar-refractivity contribution in [1.82, 2.24) is 19.7 Å². The lowest BCUT2D eigenvalue weighted by Crippen LogP contribution is -2.47. The van der Waals surface area contributed by atoms with Crippen molar-refractivity contribution in [2.24, 2.45) is 7.05 Å². The van der Waals surface area contributed by atoms with Gasteiger partial charge in [0.2, 0.25) is 0 Å². The van der Waals surface area contributed by atoms with E-state index in [9.17, 15) is 0 Å². The monoisotopic (exact) mass is 209 g/mol. The standard InChI is InChI=1S/C10H19N5/c1-9-8-10(11-14(9)3)12-15-6-4-13(2)5-7-15/h8H,4-7H2,1-3H3,(H,11,12). The van der Waals surface area contributed by atoms with E-state index in [2.05, 4.69) is 40.5 Å². The van der Waals surface area contributed by atoms with Gasteiger partial charge in [-0.15, -0.1) is 0 Å². The Morgan fingerprint density at radius 2 is 1.87 bits per heavy atom. The first-order chi connectivity index (χ1) is 7.15. The summed E-state index contributed by atoms with van der Waals surface area (Å²) in [7, 11) is 4.12. The second-order valence-corrected chi connectivity index (χ2v) is 4.20. The van der Waals surface area contributed by atoms with E-state index in [-0.39, 0.29) is 0 Å². The number of nitrogens with one attached hydrogen (secondary N) is 1. The van der Waals surface area contributed by atoms with Crippen LogP contribution in [0.1, 0.15) is 5.69 Å². The molecule has 1 fully saturated rings. The van der Waals surface area contributed by atoms with E-state index in [0.717, 1.165) is 32.0 Å². The summed E-state index contributed by atoms with van der Waals surface area (Å²) < 4.78 is 1.89. The van der Waals surface area contributed by atoms with Gasteiger partial charge < -0.3 is 10.3 Å². The molecule has 5 heteroatoms. The van der Waals surface area contributed by atoms with Gasteiger partial charge in [0.05, 0.1) is 0 Å². The minimum atomic E-state index is 0.944. The number of hydrogen-bond acceptors (Lipinski definition) is 4. The second kappa shape index (κ2) is 4.20. The van der Waals surface area contributed by atoms with Gasteiger partial charge in [0.15, 0.2) is 5.82 Å². The molecule has 1 N–H and O–H groups in total. The molecule has 1 aromatic heterocycles. The minimum Gasteiger partial charge on any atom is -0.304 e. The Balaban J connectivity index is 1.91. The highest BCUT2D eigenvalue weighted by molar-refractivity contribution is 5.34. The first kappa shape index (κ1) is 10.4. The van der Waals surface area contributed by atoms with E-state index >= 15 is 0 Å². The normalized spacial score (nSPS) is 19.4. The third kappa shape index (κ3) is 2.49. The molecular weight excluding hydrogens is 190 g/mol. The van der Waals surface area contributed by atoms with Crippen molar-refractivity contribution in [3.8, 4) is 0 Å². The largest absolute Gasteiger partial charge is 0.304 e. The van der Waals surface area contributed by atoms with Crippen LogP contribution in [0, 0.1) is 6.92 Å². The molecule has 15 heavy (non-hydrogen) atoms. The molecule has 5 nitrogen and oxygen atoms in total. The fraction of sp³-hybridized carbons (Fsp3) is 0.700. The van der Waals surface area contributed by atoms with E-state index in [1.165, 1.54) is 5.69 Å². The maximum atomic E-state index is 4.37. The third-order valence-electron chi connectivity index (χ3n) is 2.89. The summed E-state index contributed by atoms with van der Waals surface area (Å²) in [4.78, 5) is 2.34. The highest BCUT2D eigenvalue weighted by Gasteiger charge is 2.14. The van der Waals surface area contributed by atoms with Crippen LogP contribution in [0.4, 0.5) is 5.82 Å². The van der Waals surface area contributed by atoms with Gasteiger partial charge in [-0.05, 0) is 14.0 Å². The van der Waals surface area contributed by atoms with Crippen molar-refractivity contribution in [3.63, 3.8) is 0 Å². The van der Waals surface area contributed by atoms with Gasteiger partial charge in [0, 0.05) is 45.0 Å². The molecule has 0 atom stereocenters. The zero-order chi connectivity index (χ0) is 10.8. The van der Waals surface area contributed by atoms with Crippen LogP contribution in [0.5, 0.6) is 0 Å². The molecule has 0 saturated carbocycles. The van der Waals surface area contributed by atoms with E-state index in [1.807, 2.05) is 11.7 Å². The van der Waals surface area contributed by atoms with Crippen molar-refractivity contribution < 1.29 is 0 Å². The maximum absolute atomic E-state index is 4.37. The number of aryl methyl sites for hydroxylation is 2. The first-order valence-electron chi connectivity index (χ1n) is 5.36. The summed E-state index contributed by atoms with van der Waals surface area (Å²) in [6.07, 6.45) is 0. The Hall–Kier alpha value is -1.07. The molecule has 0 unspecified atom stereocenters. The molecule has 2 heterocycles. The highest BCUT2D eigenvalue weighted by Crippen LogP contribution is 2.09. The second-order valence-electron chi connectivity index (χ2n) is 4.20. The van der Waals surface area contributed by atoms with Gasteiger partial charge in [-0.1, -0.05) is 0 Å². The predicted molar refractivity (Wildman–Crippen MR) is 60.6 cm³/mol. The molecule has 0 aromatic carbocycles. The number of likely N-dealkylation sites (N-methyl/N-ethyl adjacent to an activating group) is 1. The number of anilines is 1. The zero-order valence-electron chi connectivity index (χ0n) is 9.69. The Morgan fingerprint density at radius 1 is 1.20 bits per heavy atom. The van der Waals surface area contributed by atoms with Crippen LogP contribution in [-0.4, -0.2) is 52.9 Å². The molecule has 1 aliphatic rings. The molecule has 0 amide bonds. The Morgan fingerprint density at radius 3 is 2.40 bits per heavy atom. The highest BCUT2D eigenvalue weighted by atomic mass is 15.6. The van der Waals surface area contributed by atoms with Crippen LogP contribution in [0.25, 0.3) is 0 Å². The number of hydrogen-bond donors (Lipinski definition) is 1. The SMILES string of the molecule is Cc1cc(NN2CCN(C)CC2)nn1C. The molecule has 1 saturated heterocycles. The quantitative estimate of drug-likeness (QED) is 0.760. The summed E-state index contributed by atoms with van der Waals surface area (Å²) in [5.74, 6) is 0.944. The van der Waals surface area contributed by atoms with Crippen LogP contribution in [-0.2, 0) is 7.05 Å². The van der Waals surface area contributed by atoms with E-state index in [1.54, 1.807) is 0 Å². The molecule has 2 rings (SSSR count). The topological polar surface area (TPSA) is 36.3 Å². The summed E-state index contributed by atoms with van der Waals surface area (Å²) in [5.41, 5.74) is 4.51. The Kier molecular flexibility index (Phi) is 2.93. The van der Waals surface area contributed by atoms with Gasteiger partial charge >= 0.3 is 0 Å². The predicted octanol–water partition coefficient (Wildman–Crippen LogP) is 0.303. The van der Waals surface area contributed by atoms with Gasteiger partial charge in [-0.2, -0.15) is 5.10 Å². The van der Waals surface area contributed by atoms with Crippen molar-refractivity contribution in [1.29, 1.82) is 0 Å².